The van der Waals surface area contributed by atoms with Gasteiger partial charge in [0, 0.05) is 5.56 Å². The Morgan fingerprint density at radius 2 is 1.23 bits per heavy atom. The Bertz CT molecular complexity index is 1410. The lowest BCUT2D eigenvalue weighted by molar-refractivity contribution is 0.474. The van der Waals surface area contributed by atoms with E-state index in [0.29, 0.717) is 17.1 Å². The average molecular weight is 394 g/mol. The predicted molar refractivity (Wildman–Crippen MR) is 118 cm³/mol. The molecule has 5 aromatic carbocycles. The van der Waals surface area contributed by atoms with Crippen LogP contribution in [0.4, 0.5) is 0 Å². The van der Waals surface area contributed by atoms with Crippen LogP contribution < -0.4 is 4.74 Å². The first-order chi connectivity index (χ1) is 14.6. The third kappa shape index (κ3) is 3.25. The van der Waals surface area contributed by atoms with Crippen LogP contribution in [-0.2, 0) is 0 Å². The third-order valence-corrected chi connectivity index (χ3v) is 5.14. The van der Waals surface area contributed by atoms with E-state index in [1.54, 1.807) is 36.4 Å². The Hall–Kier alpha value is -4.18. The summed E-state index contributed by atoms with van der Waals surface area (Å²) in [7, 11) is 0. The van der Waals surface area contributed by atoms with Crippen LogP contribution in [0, 0.1) is 0 Å². The number of fused-ring (bicyclic) bond motifs is 2. The summed E-state index contributed by atoms with van der Waals surface area (Å²) in [6.45, 7) is 0. The zero-order chi connectivity index (χ0) is 20.7. The Morgan fingerprint density at radius 1 is 0.533 bits per heavy atom. The van der Waals surface area contributed by atoms with E-state index in [9.17, 15) is 15.3 Å². The van der Waals surface area contributed by atoms with Crippen LogP contribution in [0.3, 0.4) is 0 Å². The van der Waals surface area contributed by atoms with Crippen molar-refractivity contribution in [2.24, 2.45) is 0 Å². The quantitative estimate of drug-likeness (QED) is 0.324. The van der Waals surface area contributed by atoms with Gasteiger partial charge in [-0.05, 0) is 81.7 Å². The molecule has 0 unspecified atom stereocenters. The van der Waals surface area contributed by atoms with Crippen molar-refractivity contribution in [3.63, 3.8) is 0 Å². The largest absolute Gasteiger partial charge is 0.508 e. The molecule has 0 aliphatic rings. The monoisotopic (exact) mass is 394 g/mol. The zero-order valence-corrected chi connectivity index (χ0v) is 15.9. The predicted octanol–water partition coefficient (Wildman–Crippen LogP) is 6.57. The van der Waals surface area contributed by atoms with Crippen LogP contribution in [-0.4, -0.2) is 15.3 Å². The topological polar surface area (TPSA) is 69.9 Å². The fraction of sp³-hybridized carbons (Fsp3) is 0. The minimum absolute atomic E-state index is 0.131. The Balaban J connectivity index is 1.60. The molecule has 0 saturated carbocycles. The molecular formula is C26H18O4. The van der Waals surface area contributed by atoms with Gasteiger partial charge < -0.3 is 20.1 Å². The van der Waals surface area contributed by atoms with E-state index in [1.807, 2.05) is 54.6 Å². The lowest BCUT2D eigenvalue weighted by Gasteiger charge is -2.12. The minimum atomic E-state index is 0.131. The third-order valence-electron chi connectivity index (χ3n) is 5.14. The van der Waals surface area contributed by atoms with Gasteiger partial charge >= 0.3 is 0 Å². The number of ether oxygens (including phenoxy) is 1. The first-order valence-corrected chi connectivity index (χ1v) is 9.53. The van der Waals surface area contributed by atoms with Gasteiger partial charge in [0.15, 0.2) is 0 Å². The highest BCUT2D eigenvalue weighted by atomic mass is 16.5. The lowest BCUT2D eigenvalue weighted by Crippen LogP contribution is -1.87. The molecule has 0 aliphatic heterocycles. The van der Waals surface area contributed by atoms with Crippen LogP contribution in [0.1, 0.15) is 0 Å². The van der Waals surface area contributed by atoms with Crippen molar-refractivity contribution in [3.05, 3.63) is 91.0 Å². The van der Waals surface area contributed by atoms with Gasteiger partial charge in [-0.15, -0.1) is 0 Å². The van der Waals surface area contributed by atoms with Crippen molar-refractivity contribution >= 4 is 21.5 Å². The summed E-state index contributed by atoms with van der Waals surface area (Å²) in [6.07, 6.45) is 0. The normalized spacial score (nSPS) is 11.1. The Labute approximate surface area is 172 Å². The molecule has 0 heterocycles. The molecule has 0 aromatic heterocycles. The summed E-state index contributed by atoms with van der Waals surface area (Å²) in [5.74, 6) is 1.74. The van der Waals surface area contributed by atoms with E-state index < -0.39 is 0 Å². The maximum Gasteiger partial charge on any atom is 0.128 e. The molecule has 0 radical (unpaired) electrons. The van der Waals surface area contributed by atoms with Crippen LogP contribution in [0.2, 0.25) is 0 Å². The van der Waals surface area contributed by atoms with Crippen LogP contribution in [0.15, 0.2) is 91.0 Å². The van der Waals surface area contributed by atoms with E-state index in [0.717, 1.165) is 27.1 Å². The van der Waals surface area contributed by atoms with E-state index >= 15 is 0 Å². The van der Waals surface area contributed by atoms with Crippen molar-refractivity contribution in [2.45, 2.75) is 0 Å². The molecule has 0 spiro atoms. The van der Waals surface area contributed by atoms with E-state index in [2.05, 4.69) is 0 Å². The van der Waals surface area contributed by atoms with Gasteiger partial charge in [0.2, 0.25) is 0 Å². The molecular weight excluding hydrogens is 376 g/mol. The highest BCUT2D eigenvalue weighted by Gasteiger charge is 2.12. The van der Waals surface area contributed by atoms with Crippen molar-refractivity contribution in [1.29, 1.82) is 0 Å². The molecule has 0 bridgehead atoms. The van der Waals surface area contributed by atoms with Crippen molar-refractivity contribution in [1.82, 2.24) is 0 Å². The molecule has 0 amide bonds. The molecule has 0 saturated heterocycles. The fourth-order valence-corrected chi connectivity index (χ4v) is 3.73. The lowest BCUT2D eigenvalue weighted by atomic mass is 9.97. The van der Waals surface area contributed by atoms with Crippen molar-refractivity contribution in [2.75, 3.05) is 0 Å². The summed E-state index contributed by atoms with van der Waals surface area (Å²) in [4.78, 5) is 0. The van der Waals surface area contributed by atoms with Gasteiger partial charge in [0.05, 0.1) is 0 Å². The summed E-state index contributed by atoms with van der Waals surface area (Å²) in [5.41, 5.74) is 1.36. The van der Waals surface area contributed by atoms with Crippen LogP contribution in [0.5, 0.6) is 28.7 Å². The molecule has 30 heavy (non-hydrogen) atoms. The first-order valence-electron chi connectivity index (χ1n) is 9.53. The molecule has 4 heteroatoms. The molecule has 5 rings (SSSR count). The second-order valence-corrected chi connectivity index (χ2v) is 7.19. The number of phenolic OH excluding ortho intramolecular Hbond substituents is 3. The molecule has 5 aromatic rings. The summed E-state index contributed by atoms with van der Waals surface area (Å²) < 4.78 is 6.08. The fourth-order valence-electron chi connectivity index (χ4n) is 3.73. The maximum atomic E-state index is 10.5. The number of aromatic hydroxyl groups is 3. The minimum Gasteiger partial charge on any atom is -0.508 e. The number of hydrogen-bond donors (Lipinski definition) is 3. The number of hydrogen-bond acceptors (Lipinski definition) is 4. The number of phenols is 3. The maximum absolute atomic E-state index is 10.5. The Kier molecular flexibility index (Phi) is 4.18. The molecule has 0 aliphatic carbocycles. The molecule has 0 atom stereocenters. The highest BCUT2D eigenvalue weighted by molar-refractivity contribution is 6.00. The van der Waals surface area contributed by atoms with Gasteiger partial charge in [-0.2, -0.15) is 0 Å². The summed E-state index contributed by atoms with van der Waals surface area (Å²) in [5, 5.41) is 33.8. The molecule has 4 nitrogen and oxygen atoms in total. The first kappa shape index (κ1) is 17.9. The van der Waals surface area contributed by atoms with Crippen molar-refractivity contribution < 1.29 is 20.1 Å². The summed E-state index contributed by atoms with van der Waals surface area (Å²) in [6, 6.07) is 26.9. The standard InChI is InChI=1S/C26H18O4/c27-20-3-1-2-18(12-20)26-24-15-23(10-6-17(24)7-11-25(26)29)30-22-9-5-16-4-8-21(28)13-19(16)14-22/h1-15,27-29H. The summed E-state index contributed by atoms with van der Waals surface area (Å²) >= 11 is 0. The SMILES string of the molecule is Oc1cccc(-c2c(O)ccc3ccc(Oc4ccc5ccc(O)cc5c4)cc23)c1. The van der Waals surface area contributed by atoms with Gasteiger partial charge in [0.1, 0.15) is 28.7 Å². The van der Waals surface area contributed by atoms with E-state index in [4.69, 9.17) is 4.74 Å². The van der Waals surface area contributed by atoms with Gasteiger partial charge in [-0.3, -0.25) is 0 Å². The number of benzene rings is 5. The van der Waals surface area contributed by atoms with E-state index in [1.165, 1.54) is 0 Å². The number of rotatable bonds is 3. The highest BCUT2D eigenvalue weighted by Crippen LogP contribution is 2.39. The second-order valence-electron chi connectivity index (χ2n) is 7.19. The second kappa shape index (κ2) is 7.01. The smallest absolute Gasteiger partial charge is 0.128 e. The van der Waals surface area contributed by atoms with Gasteiger partial charge in [-0.25, -0.2) is 0 Å². The molecule has 146 valence electrons. The molecule has 3 N–H and O–H groups in total. The van der Waals surface area contributed by atoms with E-state index in [-0.39, 0.29) is 17.2 Å². The van der Waals surface area contributed by atoms with Gasteiger partial charge in [0.25, 0.3) is 0 Å². The average Bonchev–Trinajstić information content (AvgIpc) is 2.73. The van der Waals surface area contributed by atoms with Crippen molar-refractivity contribution in [3.8, 4) is 39.9 Å². The van der Waals surface area contributed by atoms with Crippen LogP contribution in [0.25, 0.3) is 32.7 Å². The Morgan fingerprint density at radius 3 is 2.07 bits per heavy atom. The molecule has 0 fully saturated rings. The zero-order valence-electron chi connectivity index (χ0n) is 15.9. The van der Waals surface area contributed by atoms with Crippen LogP contribution >= 0.6 is 0 Å². The van der Waals surface area contributed by atoms with Gasteiger partial charge in [-0.1, -0.05) is 36.4 Å².